The maximum atomic E-state index is 11.2. The lowest BCUT2D eigenvalue weighted by molar-refractivity contribution is -0.114. The van der Waals surface area contributed by atoms with Crippen LogP contribution in [0.5, 0.6) is 5.75 Å². The zero-order valence-electron chi connectivity index (χ0n) is 13.2. The average Bonchev–Trinajstić information content (AvgIpc) is 2.48. The molecule has 0 spiro atoms. The minimum atomic E-state index is -0.0907. The molecular formula is C17H26N2O2. The van der Waals surface area contributed by atoms with Crippen LogP contribution in [-0.4, -0.2) is 19.1 Å². The molecule has 0 aliphatic heterocycles. The zero-order chi connectivity index (χ0) is 15.2. The number of carbonyl (C=O) groups is 1. The van der Waals surface area contributed by atoms with E-state index in [1.165, 1.54) is 39.0 Å². The lowest BCUT2D eigenvalue weighted by Crippen LogP contribution is -2.27. The Morgan fingerprint density at radius 3 is 2.86 bits per heavy atom. The van der Waals surface area contributed by atoms with Crippen LogP contribution < -0.4 is 15.4 Å². The van der Waals surface area contributed by atoms with Gasteiger partial charge in [0.15, 0.2) is 0 Å². The van der Waals surface area contributed by atoms with Crippen molar-refractivity contribution in [3.63, 3.8) is 0 Å². The first kappa shape index (κ1) is 15.7. The minimum absolute atomic E-state index is 0.0907. The third-order valence-electron chi connectivity index (χ3n) is 4.24. The van der Waals surface area contributed by atoms with Gasteiger partial charge >= 0.3 is 0 Å². The number of carbonyl (C=O) groups excluding carboxylic acids is 1. The first-order valence-corrected chi connectivity index (χ1v) is 7.84. The lowest BCUT2D eigenvalue weighted by Gasteiger charge is -2.30. The van der Waals surface area contributed by atoms with E-state index in [0.717, 1.165) is 11.6 Å². The number of hydrogen-bond acceptors (Lipinski definition) is 3. The Morgan fingerprint density at radius 1 is 1.38 bits per heavy atom. The summed E-state index contributed by atoms with van der Waals surface area (Å²) in [5, 5.41) is 6.39. The van der Waals surface area contributed by atoms with Crippen LogP contribution in [0.1, 0.15) is 46.0 Å². The number of anilines is 2. The molecule has 4 nitrogen and oxygen atoms in total. The van der Waals surface area contributed by atoms with E-state index in [4.69, 9.17) is 4.74 Å². The van der Waals surface area contributed by atoms with Crippen LogP contribution in [0.3, 0.4) is 0 Å². The maximum Gasteiger partial charge on any atom is 0.221 e. The SMILES string of the molecule is CCC1CCCC(Nc2ccc(NC(C)=O)c(OC)c2)C1. The van der Waals surface area contributed by atoms with Crippen molar-refractivity contribution in [3.8, 4) is 5.75 Å². The smallest absolute Gasteiger partial charge is 0.221 e. The molecule has 0 radical (unpaired) electrons. The highest BCUT2D eigenvalue weighted by atomic mass is 16.5. The van der Waals surface area contributed by atoms with Gasteiger partial charge in [0.2, 0.25) is 5.91 Å². The van der Waals surface area contributed by atoms with Gasteiger partial charge in [-0.05, 0) is 30.9 Å². The second kappa shape index (κ2) is 7.34. The number of benzene rings is 1. The van der Waals surface area contributed by atoms with Crippen LogP contribution in [0.2, 0.25) is 0 Å². The number of amides is 1. The van der Waals surface area contributed by atoms with Gasteiger partial charge in [0.25, 0.3) is 0 Å². The summed E-state index contributed by atoms with van der Waals surface area (Å²) in [6.07, 6.45) is 6.40. The molecule has 2 N–H and O–H groups in total. The lowest BCUT2D eigenvalue weighted by atomic mass is 9.84. The van der Waals surface area contributed by atoms with E-state index < -0.39 is 0 Å². The van der Waals surface area contributed by atoms with E-state index in [1.54, 1.807) is 7.11 Å². The summed E-state index contributed by atoms with van der Waals surface area (Å²) in [7, 11) is 1.62. The quantitative estimate of drug-likeness (QED) is 0.860. The molecule has 2 atom stereocenters. The number of rotatable bonds is 5. The predicted molar refractivity (Wildman–Crippen MR) is 87.0 cm³/mol. The van der Waals surface area contributed by atoms with Crippen molar-refractivity contribution >= 4 is 17.3 Å². The molecule has 1 aromatic rings. The number of nitrogens with one attached hydrogen (secondary N) is 2. The Balaban J connectivity index is 2.04. The van der Waals surface area contributed by atoms with E-state index in [2.05, 4.69) is 17.6 Å². The van der Waals surface area contributed by atoms with Crippen molar-refractivity contribution in [2.45, 2.75) is 52.0 Å². The molecule has 1 aliphatic rings. The van der Waals surface area contributed by atoms with Crippen LogP contribution in [0.25, 0.3) is 0 Å². The molecule has 1 aromatic carbocycles. The summed E-state index contributed by atoms with van der Waals surface area (Å²) in [4.78, 5) is 11.2. The number of methoxy groups -OCH3 is 1. The van der Waals surface area contributed by atoms with Gasteiger partial charge in [-0.1, -0.05) is 26.2 Å². The molecule has 2 rings (SSSR count). The van der Waals surface area contributed by atoms with E-state index in [1.807, 2.05) is 18.2 Å². The average molecular weight is 290 g/mol. The van der Waals surface area contributed by atoms with E-state index >= 15 is 0 Å². The van der Waals surface area contributed by atoms with Crippen molar-refractivity contribution in [1.82, 2.24) is 0 Å². The van der Waals surface area contributed by atoms with Crippen molar-refractivity contribution < 1.29 is 9.53 Å². The Bertz CT molecular complexity index is 488. The highest BCUT2D eigenvalue weighted by Crippen LogP contribution is 2.32. The predicted octanol–water partition coefficient (Wildman–Crippen LogP) is 4.03. The fourth-order valence-corrected chi connectivity index (χ4v) is 3.10. The van der Waals surface area contributed by atoms with Gasteiger partial charge in [-0.15, -0.1) is 0 Å². The largest absolute Gasteiger partial charge is 0.494 e. The molecular weight excluding hydrogens is 264 g/mol. The first-order chi connectivity index (χ1) is 10.1. The van der Waals surface area contributed by atoms with Crippen LogP contribution >= 0.6 is 0 Å². The molecule has 0 heterocycles. The molecule has 21 heavy (non-hydrogen) atoms. The Hall–Kier alpha value is -1.71. The Labute approximate surface area is 127 Å². The Kier molecular flexibility index (Phi) is 5.48. The van der Waals surface area contributed by atoms with Crippen LogP contribution in [0.4, 0.5) is 11.4 Å². The van der Waals surface area contributed by atoms with Crippen LogP contribution in [0.15, 0.2) is 18.2 Å². The maximum absolute atomic E-state index is 11.2. The monoisotopic (exact) mass is 290 g/mol. The van der Waals surface area contributed by atoms with Crippen molar-refractivity contribution in [2.24, 2.45) is 5.92 Å². The molecule has 2 unspecified atom stereocenters. The van der Waals surface area contributed by atoms with Gasteiger partial charge in [0.1, 0.15) is 5.75 Å². The summed E-state index contributed by atoms with van der Waals surface area (Å²) in [6.45, 7) is 3.77. The molecule has 1 amide bonds. The minimum Gasteiger partial charge on any atom is -0.494 e. The summed E-state index contributed by atoms with van der Waals surface area (Å²) in [6, 6.07) is 6.40. The second-order valence-electron chi connectivity index (χ2n) is 5.88. The third-order valence-corrected chi connectivity index (χ3v) is 4.24. The van der Waals surface area contributed by atoms with Gasteiger partial charge < -0.3 is 15.4 Å². The van der Waals surface area contributed by atoms with E-state index in [0.29, 0.717) is 17.5 Å². The van der Waals surface area contributed by atoms with Crippen molar-refractivity contribution in [3.05, 3.63) is 18.2 Å². The van der Waals surface area contributed by atoms with E-state index in [9.17, 15) is 4.79 Å². The van der Waals surface area contributed by atoms with Gasteiger partial charge in [-0.2, -0.15) is 0 Å². The third kappa shape index (κ3) is 4.38. The molecule has 116 valence electrons. The fraction of sp³-hybridized carbons (Fsp3) is 0.588. The summed E-state index contributed by atoms with van der Waals surface area (Å²) < 4.78 is 5.36. The zero-order valence-corrected chi connectivity index (χ0v) is 13.2. The number of hydrogen-bond donors (Lipinski definition) is 2. The first-order valence-electron chi connectivity index (χ1n) is 7.84. The van der Waals surface area contributed by atoms with Crippen molar-refractivity contribution in [2.75, 3.05) is 17.7 Å². The topological polar surface area (TPSA) is 50.4 Å². The van der Waals surface area contributed by atoms with Gasteiger partial charge in [0.05, 0.1) is 12.8 Å². The Morgan fingerprint density at radius 2 is 2.19 bits per heavy atom. The molecule has 0 aromatic heterocycles. The van der Waals surface area contributed by atoms with E-state index in [-0.39, 0.29) is 5.91 Å². The molecule has 0 saturated heterocycles. The normalized spacial score (nSPS) is 21.7. The molecule has 1 aliphatic carbocycles. The number of ether oxygens (including phenoxy) is 1. The summed E-state index contributed by atoms with van der Waals surface area (Å²) >= 11 is 0. The van der Waals surface area contributed by atoms with Gasteiger partial charge in [-0.25, -0.2) is 0 Å². The summed E-state index contributed by atoms with van der Waals surface area (Å²) in [5.41, 5.74) is 1.77. The molecule has 4 heteroatoms. The second-order valence-corrected chi connectivity index (χ2v) is 5.88. The standard InChI is InChI=1S/C17H26N2O2/c1-4-13-6-5-7-14(10-13)19-15-8-9-16(18-12(2)20)17(11-15)21-3/h8-9,11,13-14,19H,4-7,10H2,1-3H3,(H,18,20). The van der Waals surface area contributed by atoms with Crippen LogP contribution in [-0.2, 0) is 4.79 Å². The summed E-state index contributed by atoms with van der Waals surface area (Å²) in [5.74, 6) is 1.45. The molecule has 1 saturated carbocycles. The van der Waals surface area contributed by atoms with Crippen molar-refractivity contribution in [1.29, 1.82) is 0 Å². The van der Waals surface area contributed by atoms with Gasteiger partial charge in [0, 0.05) is 24.7 Å². The van der Waals surface area contributed by atoms with Gasteiger partial charge in [-0.3, -0.25) is 4.79 Å². The molecule has 0 bridgehead atoms. The molecule has 1 fully saturated rings. The fourth-order valence-electron chi connectivity index (χ4n) is 3.10. The highest BCUT2D eigenvalue weighted by molar-refractivity contribution is 5.90. The highest BCUT2D eigenvalue weighted by Gasteiger charge is 2.20. The van der Waals surface area contributed by atoms with Crippen LogP contribution in [0, 0.1) is 5.92 Å².